The van der Waals surface area contributed by atoms with Gasteiger partial charge in [-0.25, -0.2) is 16.8 Å². The zero-order chi connectivity index (χ0) is 24.1. The SMILES string of the molecule is CCC(=O)Nc1ccc(/C=C/c2ccc(NC(=O)CC)cc2S(=O)(=O)[O-])c(S(=O)(=O)[O-])c1.[Na+].[Na+]. The van der Waals surface area contributed by atoms with E-state index in [9.17, 15) is 35.5 Å². The van der Waals surface area contributed by atoms with Gasteiger partial charge in [0.2, 0.25) is 11.8 Å². The Labute approximate surface area is 242 Å². The molecule has 0 aliphatic rings. The number of hydrogen-bond acceptors (Lipinski definition) is 8. The van der Waals surface area contributed by atoms with Gasteiger partial charge in [-0.15, -0.1) is 0 Å². The molecule has 0 atom stereocenters. The molecular weight excluding hydrogens is 506 g/mol. The third kappa shape index (κ3) is 9.53. The predicted molar refractivity (Wildman–Crippen MR) is 116 cm³/mol. The standard InChI is InChI=1S/C20H22N2O8S2.2Na/c1-3-19(23)21-15-9-7-13(17(11-15)31(25,26)27)5-6-14-8-10-16(22-20(24)4-2)12-18(14)32(28,29)30;;/h5-12H,3-4H2,1-2H3,(H,21,23)(H,22,24)(H,25,26,27)(H,28,29,30);;/q;2*+1/p-2/b6-5+;;. The maximum atomic E-state index is 11.7. The van der Waals surface area contributed by atoms with Crippen LogP contribution >= 0.6 is 0 Å². The zero-order valence-electron chi connectivity index (χ0n) is 19.1. The van der Waals surface area contributed by atoms with Gasteiger partial charge in [-0.2, -0.15) is 0 Å². The van der Waals surface area contributed by atoms with Crippen LogP contribution in [0.4, 0.5) is 11.4 Å². The van der Waals surface area contributed by atoms with Crippen LogP contribution in [0.25, 0.3) is 12.2 Å². The molecule has 2 aromatic rings. The number of amides is 2. The Hall–Kier alpha value is -1.06. The Morgan fingerprint density at radius 1 is 0.735 bits per heavy atom. The smallest absolute Gasteiger partial charge is 0.744 e. The fraction of sp³-hybridized carbons (Fsp3) is 0.200. The number of anilines is 2. The van der Waals surface area contributed by atoms with Crippen LogP contribution in [0.1, 0.15) is 37.8 Å². The fourth-order valence-corrected chi connectivity index (χ4v) is 4.00. The van der Waals surface area contributed by atoms with E-state index >= 15 is 0 Å². The molecule has 2 N–H and O–H groups in total. The molecule has 14 heteroatoms. The number of carbonyl (C=O) groups excluding carboxylic acids is 2. The number of benzene rings is 2. The molecule has 2 amide bonds. The molecule has 0 radical (unpaired) electrons. The van der Waals surface area contributed by atoms with Crippen LogP contribution in [-0.2, 0) is 29.8 Å². The first-order valence-corrected chi connectivity index (χ1v) is 12.1. The van der Waals surface area contributed by atoms with Gasteiger partial charge in [-0.05, 0) is 35.4 Å². The van der Waals surface area contributed by atoms with Gasteiger partial charge in [0, 0.05) is 24.2 Å². The van der Waals surface area contributed by atoms with E-state index in [4.69, 9.17) is 0 Å². The van der Waals surface area contributed by atoms with Crippen LogP contribution in [0.3, 0.4) is 0 Å². The largest absolute Gasteiger partial charge is 1.00 e. The average molecular weight is 527 g/mol. The predicted octanol–water partition coefficient (Wildman–Crippen LogP) is -3.63. The van der Waals surface area contributed by atoms with E-state index in [1.54, 1.807) is 13.8 Å². The van der Waals surface area contributed by atoms with E-state index in [1.165, 1.54) is 24.3 Å². The van der Waals surface area contributed by atoms with Gasteiger partial charge in [-0.3, -0.25) is 9.59 Å². The molecular formula is C20H20N2Na2O8S2. The van der Waals surface area contributed by atoms with Crippen LogP contribution in [0.5, 0.6) is 0 Å². The van der Waals surface area contributed by atoms with Gasteiger partial charge >= 0.3 is 59.1 Å². The summed E-state index contributed by atoms with van der Waals surface area (Å²) in [6, 6.07) is 7.24. The number of rotatable bonds is 8. The summed E-state index contributed by atoms with van der Waals surface area (Å²) in [4.78, 5) is 21.8. The van der Waals surface area contributed by atoms with Crippen molar-refractivity contribution in [3.05, 3.63) is 47.5 Å². The summed E-state index contributed by atoms with van der Waals surface area (Å²) in [6.45, 7) is 3.19. The normalized spacial score (nSPS) is 11.3. The first-order chi connectivity index (χ1) is 14.8. The van der Waals surface area contributed by atoms with Crippen LogP contribution < -0.4 is 69.7 Å². The van der Waals surface area contributed by atoms with E-state index in [0.29, 0.717) is 0 Å². The van der Waals surface area contributed by atoms with E-state index in [2.05, 4.69) is 10.6 Å². The van der Waals surface area contributed by atoms with Crippen LogP contribution in [-0.4, -0.2) is 37.8 Å². The van der Waals surface area contributed by atoms with E-state index in [1.807, 2.05) is 0 Å². The van der Waals surface area contributed by atoms with Crippen molar-refractivity contribution in [1.82, 2.24) is 0 Å². The van der Waals surface area contributed by atoms with Crippen molar-refractivity contribution >= 4 is 55.6 Å². The molecule has 0 aliphatic heterocycles. The monoisotopic (exact) mass is 526 g/mol. The number of carbonyl (C=O) groups is 2. The Balaban J connectivity index is 0.00000544. The quantitative estimate of drug-likeness (QED) is 0.201. The summed E-state index contributed by atoms with van der Waals surface area (Å²) in [7, 11) is -9.89. The molecule has 0 saturated carbocycles. The molecule has 2 aromatic carbocycles. The summed E-state index contributed by atoms with van der Waals surface area (Å²) >= 11 is 0. The van der Waals surface area contributed by atoms with Gasteiger partial charge in [0.25, 0.3) is 0 Å². The van der Waals surface area contributed by atoms with Crippen molar-refractivity contribution in [1.29, 1.82) is 0 Å². The first-order valence-electron chi connectivity index (χ1n) is 9.32. The van der Waals surface area contributed by atoms with Crippen LogP contribution in [0.2, 0.25) is 0 Å². The van der Waals surface area contributed by atoms with Crippen molar-refractivity contribution in [3.8, 4) is 0 Å². The van der Waals surface area contributed by atoms with Crippen molar-refractivity contribution in [3.63, 3.8) is 0 Å². The van der Waals surface area contributed by atoms with E-state index in [-0.39, 0.29) is 106 Å². The molecule has 0 spiro atoms. The Morgan fingerprint density at radius 2 is 1.06 bits per heavy atom. The summed E-state index contributed by atoms with van der Waals surface area (Å²) in [5, 5.41) is 4.88. The third-order valence-electron chi connectivity index (χ3n) is 4.22. The Kier molecular flexibility index (Phi) is 13.4. The fourth-order valence-electron chi connectivity index (χ4n) is 2.61. The van der Waals surface area contributed by atoms with E-state index < -0.39 is 30.0 Å². The third-order valence-corrected chi connectivity index (χ3v) is 6.00. The maximum absolute atomic E-state index is 11.7. The van der Waals surface area contributed by atoms with Crippen molar-refractivity contribution in [2.75, 3.05) is 10.6 Å². The van der Waals surface area contributed by atoms with Gasteiger partial charge in [-0.1, -0.05) is 38.1 Å². The van der Waals surface area contributed by atoms with Crippen molar-refractivity contribution < 1.29 is 94.6 Å². The Bertz CT molecular complexity index is 1190. The first kappa shape index (κ1) is 32.9. The molecule has 34 heavy (non-hydrogen) atoms. The van der Waals surface area contributed by atoms with E-state index in [0.717, 1.165) is 24.3 Å². The van der Waals surface area contributed by atoms with Crippen LogP contribution in [0, 0.1) is 0 Å². The Morgan fingerprint density at radius 3 is 1.32 bits per heavy atom. The topological polar surface area (TPSA) is 173 Å². The molecule has 0 bridgehead atoms. The number of hydrogen-bond donors (Lipinski definition) is 2. The zero-order valence-corrected chi connectivity index (χ0v) is 24.7. The minimum atomic E-state index is -4.94. The average Bonchev–Trinajstić information content (AvgIpc) is 2.71. The molecule has 0 fully saturated rings. The molecule has 2 rings (SSSR count). The molecule has 0 aromatic heterocycles. The van der Waals surface area contributed by atoms with Gasteiger partial charge in [0.05, 0.1) is 9.79 Å². The second-order valence-corrected chi connectivity index (χ2v) is 9.25. The minimum absolute atomic E-state index is 0. The molecule has 0 heterocycles. The summed E-state index contributed by atoms with van der Waals surface area (Å²) in [6.07, 6.45) is 2.60. The van der Waals surface area contributed by atoms with Crippen molar-refractivity contribution in [2.24, 2.45) is 0 Å². The second kappa shape index (κ2) is 13.9. The molecule has 10 nitrogen and oxygen atoms in total. The van der Waals surface area contributed by atoms with Crippen LogP contribution in [0.15, 0.2) is 46.2 Å². The minimum Gasteiger partial charge on any atom is -0.744 e. The molecule has 0 saturated heterocycles. The molecule has 172 valence electrons. The maximum Gasteiger partial charge on any atom is 1.00 e. The summed E-state index contributed by atoms with van der Waals surface area (Å²) in [5.74, 6) is -0.772. The number of nitrogens with one attached hydrogen (secondary N) is 2. The molecule has 0 unspecified atom stereocenters. The molecule has 0 aliphatic carbocycles. The summed E-state index contributed by atoms with van der Waals surface area (Å²) in [5.41, 5.74) is 0.0451. The van der Waals surface area contributed by atoms with Crippen molar-refractivity contribution in [2.45, 2.75) is 36.5 Å². The second-order valence-electron chi connectivity index (χ2n) is 6.55. The van der Waals surface area contributed by atoms with Gasteiger partial charge in [0.1, 0.15) is 20.2 Å². The van der Waals surface area contributed by atoms with Gasteiger partial charge in [0.15, 0.2) is 0 Å². The summed E-state index contributed by atoms with van der Waals surface area (Å²) < 4.78 is 70.1. The van der Waals surface area contributed by atoms with Gasteiger partial charge < -0.3 is 19.7 Å².